The Morgan fingerprint density at radius 1 is 1.30 bits per heavy atom. The second-order valence-corrected chi connectivity index (χ2v) is 5.93. The van der Waals surface area contributed by atoms with Crippen molar-refractivity contribution in [2.45, 2.75) is 25.3 Å². The fourth-order valence-electron chi connectivity index (χ4n) is 3.02. The summed E-state index contributed by atoms with van der Waals surface area (Å²) in [7, 11) is 0. The number of H-pyrrole nitrogens is 1. The van der Waals surface area contributed by atoms with Gasteiger partial charge in [-0.05, 0) is 19.8 Å². The Hall–Kier alpha value is -3.64. The largest absolute Gasteiger partial charge is 0.483 e. The van der Waals surface area contributed by atoms with Gasteiger partial charge >= 0.3 is 0 Å². The van der Waals surface area contributed by atoms with Gasteiger partial charge < -0.3 is 15.3 Å². The number of hydrogen-bond donors (Lipinski definition) is 3. The van der Waals surface area contributed by atoms with Gasteiger partial charge in [-0.25, -0.2) is 0 Å². The van der Waals surface area contributed by atoms with Gasteiger partial charge in [0.2, 0.25) is 5.82 Å². The molecule has 2 amide bonds. The minimum Gasteiger partial charge on any atom is -0.483 e. The van der Waals surface area contributed by atoms with Gasteiger partial charge in [-0.2, -0.15) is 4.98 Å². The lowest BCUT2D eigenvalue weighted by Gasteiger charge is -2.35. The number of carbonyl (C=O) groups is 3. The van der Waals surface area contributed by atoms with Crippen molar-refractivity contribution >= 4 is 24.1 Å². The molecule has 2 aromatic heterocycles. The van der Waals surface area contributed by atoms with Crippen molar-refractivity contribution in [3.63, 3.8) is 0 Å². The lowest BCUT2D eigenvalue weighted by molar-refractivity contribution is -0.125. The third kappa shape index (κ3) is 3.51. The number of hydrogen-bond acceptors (Lipinski definition) is 8. The van der Waals surface area contributed by atoms with Crippen molar-refractivity contribution in [1.29, 1.82) is 0 Å². The molecule has 0 bridgehead atoms. The van der Waals surface area contributed by atoms with E-state index in [0.717, 1.165) is 0 Å². The number of amidine groups is 1. The van der Waals surface area contributed by atoms with Crippen molar-refractivity contribution in [3.05, 3.63) is 18.5 Å². The number of carboxylic acid groups (broad SMARTS) is 1. The Morgan fingerprint density at radius 3 is 2.48 bits per heavy atom. The predicted molar refractivity (Wildman–Crippen MR) is 89.1 cm³/mol. The fourth-order valence-corrected chi connectivity index (χ4v) is 3.02. The second-order valence-electron chi connectivity index (χ2n) is 5.93. The first-order valence-electron chi connectivity index (χ1n) is 8.01. The molecule has 4 heterocycles. The maximum atomic E-state index is 12.5. The van der Waals surface area contributed by atoms with E-state index in [1.165, 1.54) is 17.2 Å². The summed E-state index contributed by atoms with van der Waals surface area (Å²) in [5, 5.41) is 23.6. The van der Waals surface area contributed by atoms with E-state index in [-0.39, 0.29) is 24.1 Å². The standard InChI is InChI=1S/C13H15N9O2.CH2O2/c1-8-16-11(24)13(18-8)2-4-21(5-3-13)10(23)9-17-12(20-19-9)22-6-14-15-7-22;2-1-3/h6-7H,2-5H2,1H3,(H,16,18,24)(H,17,19,20);1H,(H,2,3). The highest BCUT2D eigenvalue weighted by molar-refractivity contribution is 6.07. The van der Waals surface area contributed by atoms with Crippen LogP contribution in [0.3, 0.4) is 0 Å². The quantitative estimate of drug-likeness (QED) is 0.538. The molecule has 1 spiro atoms. The molecule has 13 heteroatoms. The maximum Gasteiger partial charge on any atom is 0.291 e. The van der Waals surface area contributed by atoms with Gasteiger partial charge in [0.05, 0.1) is 0 Å². The lowest BCUT2D eigenvalue weighted by atomic mass is 9.88. The zero-order chi connectivity index (χ0) is 19.4. The number of aromatic amines is 1. The number of aromatic nitrogens is 6. The first-order valence-corrected chi connectivity index (χ1v) is 8.01. The van der Waals surface area contributed by atoms with Crippen LogP contribution in [-0.4, -0.2) is 82.7 Å². The number of amides is 2. The van der Waals surface area contributed by atoms with Crippen LogP contribution in [0.5, 0.6) is 0 Å². The van der Waals surface area contributed by atoms with Gasteiger partial charge in [-0.15, -0.1) is 15.3 Å². The molecule has 142 valence electrons. The molecule has 2 aliphatic rings. The van der Waals surface area contributed by atoms with Crippen LogP contribution >= 0.6 is 0 Å². The Morgan fingerprint density at radius 2 is 1.93 bits per heavy atom. The fraction of sp³-hybridized carbons (Fsp3) is 0.429. The smallest absolute Gasteiger partial charge is 0.291 e. The Bertz CT molecular complexity index is 865. The zero-order valence-corrected chi connectivity index (χ0v) is 14.4. The number of rotatable bonds is 2. The molecule has 3 N–H and O–H groups in total. The summed E-state index contributed by atoms with van der Waals surface area (Å²) >= 11 is 0. The van der Waals surface area contributed by atoms with Gasteiger partial charge in [0.25, 0.3) is 24.2 Å². The van der Waals surface area contributed by atoms with E-state index in [1.54, 1.807) is 11.8 Å². The SMILES string of the molecule is CC1=NC2(CCN(C(=O)c3nc(-n4cnnc4)n[nH]3)CC2)C(=O)N1.O=CO. The van der Waals surface area contributed by atoms with Crippen LogP contribution in [0.15, 0.2) is 17.6 Å². The molecular weight excluding hydrogens is 358 g/mol. The molecule has 1 saturated heterocycles. The summed E-state index contributed by atoms with van der Waals surface area (Å²) in [6, 6.07) is 0. The summed E-state index contributed by atoms with van der Waals surface area (Å²) in [6.07, 6.45) is 3.88. The van der Waals surface area contributed by atoms with Crippen molar-refractivity contribution in [2.75, 3.05) is 13.1 Å². The third-order valence-corrected chi connectivity index (χ3v) is 4.30. The van der Waals surface area contributed by atoms with Crippen LogP contribution in [0, 0.1) is 0 Å². The molecule has 2 aromatic rings. The normalized spacial score (nSPS) is 17.7. The highest BCUT2D eigenvalue weighted by atomic mass is 16.3. The maximum absolute atomic E-state index is 12.5. The first kappa shape index (κ1) is 18.2. The minimum atomic E-state index is -0.726. The molecule has 13 nitrogen and oxygen atoms in total. The molecule has 0 aromatic carbocycles. The van der Waals surface area contributed by atoms with E-state index < -0.39 is 5.54 Å². The Labute approximate surface area is 152 Å². The molecule has 0 saturated carbocycles. The molecule has 0 atom stereocenters. The average molecular weight is 375 g/mol. The van der Waals surface area contributed by atoms with E-state index in [1.807, 2.05) is 0 Å². The van der Waals surface area contributed by atoms with Crippen LogP contribution in [0.25, 0.3) is 5.95 Å². The zero-order valence-electron chi connectivity index (χ0n) is 14.4. The van der Waals surface area contributed by atoms with Gasteiger partial charge in [0.15, 0.2) is 0 Å². The Balaban J connectivity index is 0.000000659. The molecule has 1 fully saturated rings. The summed E-state index contributed by atoms with van der Waals surface area (Å²) in [4.78, 5) is 43.2. The highest BCUT2D eigenvalue weighted by Crippen LogP contribution is 2.30. The van der Waals surface area contributed by atoms with Gasteiger partial charge in [-0.3, -0.25) is 29.0 Å². The minimum absolute atomic E-state index is 0.0818. The van der Waals surface area contributed by atoms with Crippen LogP contribution in [0.4, 0.5) is 0 Å². The monoisotopic (exact) mass is 375 g/mol. The third-order valence-electron chi connectivity index (χ3n) is 4.30. The van der Waals surface area contributed by atoms with Crippen molar-refractivity contribution in [1.82, 2.24) is 40.2 Å². The van der Waals surface area contributed by atoms with E-state index in [9.17, 15) is 9.59 Å². The molecule has 0 aliphatic carbocycles. The molecule has 0 radical (unpaired) electrons. The van der Waals surface area contributed by atoms with Crippen molar-refractivity contribution in [2.24, 2.45) is 4.99 Å². The number of piperidine rings is 1. The topological polar surface area (TPSA) is 171 Å². The number of likely N-dealkylation sites (tertiary alicyclic amines) is 1. The van der Waals surface area contributed by atoms with Crippen molar-refractivity contribution in [3.8, 4) is 5.95 Å². The van der Waals surface area contributed by atoms with Crippen LogP contribution in [0.1, 0.15) is 30.4 Å². The molecule has 0 unspecified atom stereocenters. The van der Waals surface area contributed by atoms with Crippen LogP contribution in [0.2, 0.25) is 0 Å². The summed E-state index contributed by atoms with van der Waals surface area (Å²) < 4.78 is 1.50. The first-order chi connectivity index (χ1) is 13.0. The lowest BCUT2D eigenvalue weighted by Crippen LogP contribution is -2.50. The molecule has 2 aliphatic heterocycles. The number of aliphatic imine (C=N–C) groups is 1. The van der Waals surface area contributed by atoms with Gasteiger partial charge in [0, 0.05) is 13.1 Å². The van der Waals surface area contributed by atoms with E-state index >= 15 is 0 Å². The number of carbonyl (C=O) groups excluding carboxylic acids is 2. The van der Waals surface area contributed by atoms with Crippen molar-refractivity contribution < 1.29 is 19.5 Å². The second kappa shape index (κ2) is 7.31. The van der Waals surface area contributed by atoms with E-state index in [2.05, 4.69) is 35.7 Å². The average Bonchev–Trinajstić information content (AvgIpc) is 3.37. The predicted octanol–water partition coefficient (Wildman–Crippen LogP) is -1.39. The molecular formula is C14H17N9O4. The van der Waals surface area contributed by atoms with E-state index in [0.29, 0.717) is 37.7 Å². The van der Waals surface area contributed by atoms with Gasteiger partial charge in [0.1, 0.15) is 24.0 Å². The Kier molecular flexibility index (Phi) is 4.92. The summed E-state index contributed by atoms with van der Waals surface area (Å²) in [6.45, 7) is 2.39. The highest BCUT2D eigenvalue weighted by Gasteiger charge is 2.45. The van der Waals surface area contributed by atoms with E-state index in [4.69, 9.17) is 9.90 Å². The summed E-state index contributed by atoms with van der Waals surface area (Å²) in [5.74, 6) is 0.739. The molecule has 4 rings (SSSR count). The molecule has 27 heavy (non-hydrogen) atoms. The summed E-state index contributed by atoms with van der Waals surface area (Å²) in [5.41, 5.74) is -0.726. The van der Waals surface area contributed by atoms with Gasteiger partial charge in [-0.1, -0.05) is 0 Å². The number of nitrogens with one attached hydrogen (secondary N) is 2. The van der Waals surface area contributed by atoms with Crippen LogP contribution < -0.4 is 5.32 Å². The van der Waals surface area contributed by atoms with Crippen LogP contribution in [-0.2, 0) is 9.59 Å². The number of nitrogens with zero attached hydrogens (tertiary/aromatic N) is 7.